The van der Waals surface area contributed by atoms with Crippen LogP contribution >= 0.6 is 0 Å². The third-order valence-electron chi connectivity index (χ3n) is 4.66. The van der Waals surface area contributed by atoms with Crippen LogP contribution in [0.2, 0.25) is 0 Å². The predicted molar refractivity (Wildman–Crippen MR) is 97.0 cm³/mol. The van der Waals surface area contributed by atoms with Crippen LogP contribution in [0.25, 0.3) is 10.9 Å². The Hall–Kier alpha value is -2.72. The van der Waals surface area contributed by atoms with Crippen molar-refractivity contribution >= 4 is 16.8 Å². The van der Waals surface area contributed by atoms with Crippen molar-refractivity contribution in [2.45, 2.75) is 25.5 Å². The summed E-state index contributed by atoms with van der Waals surface area (Å²) in [4.78, 5) is 16.8. The number of benzene rings is 2. The normalized spacial score (nSPS) is 16.4. The van der Waals surface area contributed by atoms with Gasteiger partial charge in [-0.3, -0.25) is 9.78 Å². The molecule has 1 unspecified atom stereocenters. The lowest BCUT2D eigenvalue weighted by atomic mass is 9.95. The van der Waals surface area contributed by atoms with E-state index < -0.39 is 0 Å². The number of carbonyl (C=O) groups excluding carboxylic acids is 1. The molecule has 1 N–H and O–H groups in total. The molecule has 1 amide bonds. The molecule has 0 saturated heterocycles. The largest absolute Gasteiger partial charge is 0.373 e. The van der Waals surface area contributed by atoms with E-state index in [1.807, 2.05) is 42.5 Å². The first-order valence-electron chi connectivity index (χ1n) is 8.60. The maximum Gasteiger partial charge on any atom is 0.223 e. The third-order valence-corrected chi connectivity index (χ3v) is 4.66. The van der Waals surface area contributed by atoms with Crippen molar-refractivity contribution in [3.05, 3.63) is 77.5 Å². The lowest BCUT2D eigenvalue weighted by molar-refractivity contribution is -0.124. The number of amides is 1. The molecule has 4 nitrogen and oxygen atoms in total. The van der Waals surface area contributed by atoms with Crippen LogP contribution in [0.4, 0.5) is 0 Å². The zero-order valence-corrected chi connectivity index (χ0v) is 13.9. The molecule has 0 spiro atoms. The molecule has 25 heavy (non-hydrogen) atoms. The Kier molecular flexibility index (Phi) is 4.44. The van der Waals surface area contributed by atoms with Crippen LogP contribution in [0.5, 0.6) is 0 Å². The van der Waals surface area contributed by atoms with Crippen molar-refractivity contribution in [1.29, 1.82) is 0 Å². The fourth-order valence-corrected chi connectivity index (χ4v) is 3.39. The molecule has 1 atom stereocenters. The molecule has 4 heteroatoms. The van der Waals surface area contributed by atoms with E-state index in [9.17, 15) is 4.79 Å². The van der Waals surface area contributed by atoms with Crippen molar-refractivity contribution in [3.63, 3.8) is 0 Å². The molecule has 0 bridgehead atoms. The van der Waals surface area contributed by atoms with Gasteiger partial charge in [-0.2, -0.15) is 0 Å². The standard InChI is InChI=1S/C21H20N2O2/c24-20(13-19-18-9-2-1-5-15(18)10-12-25-19)23-14-17-7-3-6-16-8-4-11-22-21(16)17/h1-9,11,19H,10,12-14H2,(H,23,24). The van der Waals surface area contributed by atoms with E-state index in [4.69, 9.17) is 4.74 Å². The van der Waals surface area contributed by atoms with Gasteiger partial charge in [-0.25, -0.2) is 0 Å². The second-order valence-corrected chi connectivity index (χ2v) is 6.28. The molecule has 3 aromatic rings. The van der Waals surface area contributed by atoms with Gasteiger partial charge in [-0.1, -0.05) is 48.5 Å². The SMILES string of the molecule is O=C(CC1OCCc2ccccc21)NCc1cccc2cccnc12. The molecule has 1 aliphatic heterocycles. The summed E-state index contributed by atoms with van der Waals surface area (Å²) in [5.41, 5.74) is 4.38. The number of nitrogens with zero attached hydrogens (tertiary/aromatic N) is 1. The van der Waals surface area contributed by atoms with E-state index in [0.29, 0.717) is 19.6 Å². The molecule has 4 rings (SSSR count). The van der Waals surface area contributed by atoms with Crippen LogP contribution in [0, 0.1) is 0 Å². The summed E-state index contributed by atoms with van der Waals surface area (Å²) in [6.45, 7) is 1.14. The van der Waals surface area contributed by atoms with Crippen molar-refractivity contribution < 1.29 is 9.53 Å². The molecular weight excluding hydrogens is 312 g/mol. The monoisotopic (exact) mass is 332 g/mol. The number of nitrogens with one attached hydrogen (secondary N) is 1. The summed E-state index contributed by atoms with van der Waals surface area (Å²) in [7, 11) is 0. The van der Waals surface area contributed by atoms with Crippen LogP contribution in [-0.4, -0.2) is 17.5 Å². The average Bonchev–Trinajstić information content (AvgIpc) is 2.66. The van der Waals surface area contributed by atoms with Crippen molar-refractivity contribution in [2.24, 2.45) is 0 Å². The minimum Gasteiger partial charge on any atom is -0.373 e. The molecule has 1 aliphatic rings. The molecule has 2 aromatic carbocycles. The summed E-state index contributed by atoms with van der Waals surface area (Å²) in [6.07, 6.45) is 2.88. The lowest BCUT2D eigenvalue weighted by Crippen LogP contribution is -2.27. The minimum absolute atomic E-state index is 0.00497. The number of fused-ring (bicyclic) bond motifs is 2. The topological polar surface area (TPSA) is 51.2 Å². The molecule has 0 aliphatic carbocycles. The van der Waals surface area contributed by atoms with Crippen molar-refractivity contribution in [1.82, 2.24) is 10.3 Å². The maximum atomic E-state index is 12.4. The molecule has 1 aromatic heterocycles. The highest BCUT2D eigenvalue weighted by atomic mass is 16.5. The highest BCUT2D eigenvalue weighted by Gasteiger charge is 2.22. The third kappa shape index (κ3) is 3.39. The zero-order chi connectivity index (χ0) is 17.1. The summed E-state index contributed by atoms with van der Waals surface area (Å²) in [5, 5.41) is 4.09. The van der Waals surface area contributed by atoms with E-state index in [1.54, 1.807) is 6.20 Å². The van der Waals surface area contributed by atoms with Crippen LogP contribution in [-0.2, 0) is 22.5 Å². The second-order valence-electron chi connectivity index (χ2n) is 6.28. The van der Waals surface area contributed by atoms with Gasteiger partial charge in [0.25, 0.3) is 0 Å². The highest BCUT2D eigenvalue weighted by Crippen LogP contribution is 2.29. The molecule has 0 radical (unpaired) electrons. The van der Waals surface area contributed by atoms with Crippen LogP contribution in [0.1, 0.15) is 29.2 Å². The maximum absolute atomic E-state index is 12.4. The van der Waals surface area contributed by atoms with E-state index in [1.165, 1.54) is 5.56 Å². The summed E-state index contributed by atoms with van der Waals surface area (Å²) in [6, 6.07) is 18.2. The van der Waals surface area contributed by atoms with Gasteiger partial charge in [-0.15, -0.1) is 0 Å². The first-order chi connectivity index (χ1) is 12.3. The van der Waals surface area contributed by atoms with Gasteiger partial charge in [-0.05, 0) is 29.2 Å². The van der Waals surface area contributed by atoms with Crippen molar-refractivity contribution in [3.8, 4) is 0 Å². The molecule has 2 heterocycles. The summed E-state index contributed by atoms with van der Waals surface area (Å²) < 4.78 is 5.82. The number of carbonyl (C=O) groups is 1. The van der Waals surface area contributed by atoms with Gasteiger partial charge in [0.05, 0.1) is 24.6 Å². The van der Waals surface area contributed by atoms with Gasteiger partial charge in [0, 0.05) is 18.1 Å². The van der Waals surface area contributed by atoms with Crippen molar-refractivity contribution in [2.75, 3.05) is 6.61 Å². The summed E-state index contributed by atoms with van der Waals surface area (Å²) >= 11 is 0. The molecule has 126 valence electrons. The number of para-hydroxylation sites is 1. The summed E-state index contributed by atoms with van der Waals surface area (Å²) in [5.74, 6) is -0.00497. The number of pyridine rings is 1. The highest BCUT2D eigenvalue weighted by molar-refractivity contribution is 5.82. The smallest absolute Gasteiger partial charge is 0.223 e. The van der Waals surface area contributed by atoms with Crippen LogP contribution in [0.3, 0.4) is 0 Å². The Morgan fingerprint density at radius 3 is 2.96 bits per heavy atom. The number of rotatable bonds is 4. The van der Waals surface area contributed by atoms with E-state index in [0.717, 1.165) is 28.5 Å². The second kappa shape index (κ2) is 7.03. The number of hydrogen-bond acceptors (Lipinski definition) is 3. The van der Waals surface area contributed by atoms with Crippen LogP contribution < -0.4 is 5.32 Å². The predicted octanol–water partition coefficient (Wildman–Crippen LogP) is 3.56. The van der Waals surface area contributed by atoms with E-state index in [-0.39, 0.29) is 12.0 Å². The first-order valence-corrected chi connectivity index (χ1v) is 8.60. The Bertz CT molecular complexity index is 902. The molecule has 0 fully saturated rings. The fraction of sp³-hybridized carbons (Fsp3) is 0.238. The minimum atomic E-state index is -0.157. The quantitative estimate of drug-likeness (QED) is 0.795. The van der Waals surface area contributed by atoms with E-state index >= 15 is 0 Å². The van der Waals surface area contributed by atoms with Gasteiger partial charge in [0.15, 0.2) is 0 Å². The van der Waals surface area contributed by atoms with Crippen LogP contribution in [0.15, 0.2) is 60.8 Å². The Morgan fingerprint density at radius 2 is 2.00 bits per heavy atom. The van der Waals surface area contributed by atoms with Gasteiger partial charge < -0.3 is 10.1 Å². The fourth-order valence-electron chi connectivity index (χ4n) is 3.39. The Morgan fingerprint density at radius 1 is 1.12 bits per heavy atom. The van der Waals surface area contributed by atoms with Gasteiger partial charge in [0.1, 0.15) is 0 Å². The van der Waals surface area contributed by atoms with Gasteiger partial charge in [0.2, 0.25) is 5.91 Å². The zero-order valence-electron chi connectivity index (χ0n) is 13.9. The molecular formula is C21H20N2O2. The Balaban J connectivity index is 1.43. The number of ether oxygens (including phenoxy) is 1. The lowest BCUT2D eigenvalue weighted by Gasteiger charge is -2.25. The van der Waals surface area contributed by atoms with Gasteiger partial charge >= 0.3 is 0 Å². The first kappa shape index (κ1) is 15.8. The van der Waals surface area contributed by atoms with E-state index in [2.05, 4.69) is 22.4 Å². The average molecular weight is 332 g/mol. The Labute approximate surface area is 146 Å². The number of aromatic nitrogens is 1. The number of hydrogen-bond donors (Lipinski definition) is 1. The molecule has 0 saturated carbocycles.